The molecule has 0 aromatic heterocycles. The number of thiol groups is 1. The van der Waals surface area contributed by atoms with Crippen molar-refractivity contribution >= 4 is 30.7 Å². The van der Waals surface area contributed by atoms with Crippen LogP contribution in [0.3, 0.4) is 0 Å². The van der Waals surface area contributed by atoms with Crippen LogP contribution in [0.2, 0.25) is 0 Å². The molecule has 0 aromatic carbocycles. The number of rotatable bonds is 7. The SMILES string of the molecule is CN(C(=O)[C@H](CO)NC(=O)CN)[C@](C)([C]=O)CS. The predicted octanol–water partition coefficient (Wildman–Crippen LogP) is -2.32. The van der Waals surface area contributed by atoms with Gasteiger partial charge in [-0.1, -0.05) is 0 Å². The van der Waals surface area contributed by atoms with Gasteiger partial charge in [0, 0.05) is 12.8 Å². The second-order valence-corrected chi connectivity index (χ2v) is 4.25. The summed E-state index contributed by atoms with van der Waals surface area (Å²) in [5.41, 5.74) is 3.88. The fourth-order valence-corrected chi connectivity index (χ4v) is 1.40. The van der Waals surface area contributed by atoms with E-state index < -0.39 is 30.0 Å². The molecule has 7 nitrogen and oxygen atoms in total. The van der Waals surface area contributed by atoms with Crippen molar-refractivity contribution in [1.82, 2.24) is 10.2 Å². The maximum atomic E-state index is 12.0. The lowest BCUT2D eigenvalue weighted by atomic mass is 10.0. The van der Waals surface area contributed by atoms with Crippen LogP contribution in [0.4, 0.5) is 0 Å². The molecular weight excluding hydrogens is 258 g/mol. The van der Waals surface area contributed by atoms with E-state index in [4.69, 9.17) is 10.8 Å². The highest BCUT2D eigenvalue weighted by Crippen LogP contribution is 2.13. The van der Waals surface area contributed by atoms with Gasteiger partial charge < -0.3 is 21.1 Å². The molecule has 0 spiro atoms. The van der Waals surface area contributed by atoms with Crippen LogP contribution < -0.4 is 11.1 Å². The molecule has 0 heterocycles. The van der Waals surface area contributed by atoms with Gasteiger partial charge in [0.25, 0.3) is 0 Å². The van der Waals surface area contributed by atoms with E-state index in [-0.39, 0.29) is 12.3 Å². The maximum Gasteiger partial charge on any atom is 0.248 e. The van der Waals surface area contributed by atoms with Crippen molar-refractivity contribution in [3.63, 3.8) is 0 Å². The van der Waals surface area contributed by atoms with Crippen molar-refractivity contribution < 1.29 is 19.5 Å². The number of amides is 2. The molecule has 103 valence electrons. The highest BCUT2D eigenvalue weighted by Gasteiger charge is 2.35. The predicted molar refractivity (Wildman–Crippen MR) is 68.8 cm³/mol. The Morgan fingerprint density at radius 2 is 2.17 bits per heavy atom. The summed E-state index contributed by atoms with van der Waals surface area (Å²) in [5, 5.41) is 11.3. The minimum Gasteiger partial charge on any atom is -0.394 e. The Bertz CT molecular complexity index is 326. The lowest BCUT2D eigenvalue weighted by molar-refractivity contribution is -0.138. The fourth-order valence-electron chi connectivity index (χ4n) is 1.12. The van der Waals surface area contributed by atoms with E-state index in [1.54, 1.807) is 6.29 Å². The van der Waals surface area contributed by atoms with Crippen LogP contribution in [-0.2, 0) is 14.4 Å². The molecule has 18 heavy (non-hydrogen) atoms. The molecule has 1 radical (unpaired) electrons. The van der Waals surface area contributed by atoms with Gasteiger partial charge in [-0.05, 0) is 6.92 Å². The third-order valence-corrected chi connectivity index (χ3v) is 3.22. The van der Waals surface area contributed by atoms with Gasteiger partial charge in [0.1, 0.15) is 11.6 Å². The summed E-state index contributed by atoms with van der Waals surface area (Å²) < 4.78 is 0. The molecule has 0 fully saturated rings. The van der Waals surface area contributed by atoms with E-state index in [9.17, 15) is 14.4 Å². The first-order valence-corrected chi connectivity index (χ1v) is 5.87. The molecule has 2 amide bonds. The molecule has 0 aliphatic rings. The zero-order chi connectivity index (χ0) is 14.3. The summed E-state index contributed by atoms with van der Waals surface area (Å²) in [6, 6.07) is -1.14. The molecule has 0 unspecified atom stereocenters. The normalized spacial score (nSPS) is 15.4. The van der Waals surface area contributed by atoms with Crippen molar-refractivity contribution in [1.29, 1.82) is 0 Å². The van der Waals surface area contributed by atoms with Crippen molar-refractivity contribution in [2.24, 2.45) is 5.73 Å². The number of hydrogen-bond acceptors (Lipinski definition) is 6. The van der Waals surface area contributed by atoms with Crippen molar-refractivity contribution in [3.8, 4) is 0 Å². The molecule has 0 rings (SSSR count). The zero-order valence-electron chi connectivity index (χ0n) is 10.3. The van der Waals surface area contributed by atoms with E-state index in [0.717, 1.165) is 4.90 Å². The maximum absolute atomic E-state index is 12.0. The van der Waals surface area contributed by atoms with Crippen LogP contribution in [0.15, 0.2) is 0 Å². The number of aliphatic hydroxyl groups is 1. The van der Waals surface area contributed by atoms with Gasteiger partial charge >= 0.3 is 0 Å². The summed E-state index contributed by atoms with van der Waals surface area (Å²) in [4.78, 5) is 35.0. The standard InChI is InChI=1S/C10H18N3O4S/c1-10(5-15,6-18)13(2)9(17)7(4-14)12-8(16)3-11/h7,14,18H,3-4,6,11H2,1-2H3,(H,12,16)/t7-,10+/m0/s1. The minimum atomic E-state index is -1.22. The van der Waals surface area contributed by atoms with Gasteiger partial charge in [-0.3, -0.25) is 14.4 Å². The summed E-state index contributed by atoms with van der Waals surface area (Å²) in [6.45, 7) is 0.595. The monoisotopic (exact) mass is 276 g/mol. The van der Waals surface area contributed by atoms with Crippen LogP contribution in [-0.4, -0.2) is 65.6 Å². The van der Waals surface area contributed by atoms with Crippen LogP contribution >= 0.6 is 12.6 Å². The number of nitrogens with one attached hydrogen (secondary N) is 1. The zero-order valence-corrected chi connectivity index (χ0v) is 11.2. The lowest BCUT2D eigenvalue weighted by Crippen LogP contribution is -2.58. The molecule has 0 saturated heterocycles. The van der Waals surface area contributed by atoms with E-state index in [1.165, 1.54) is 14.0 Å². The Hall–Kier alpha value is -1.12. The number of aliphatic hydroxyl groups excluding tert-OH is 1. The van der Waals surface area contributed by atoms with Crippen LogP contribution in [0.25, 0.3) is 0 Å². The number of carbonyl (C=O) groups excluding carboxylic acids is 3. The van der Waals surface area contributed by atoms with Crippen LogP contribution in [0.5, 0.6) is 0 Å². The third kappa shape index (κ3) is 3.97. The molecule has 0 aliphatic carbocycles. The number of likely N-dealkylation sites (N-methyl/N-ethyl adjacent to an activating group) is 1. The van der Waals surface area contributed by atoms with Gasteiger partial charge in [-0.2, -0.15) is 12.6 Å². The first-order valence-electron chi connectivity index (χ1n) is 5.24. The third-order valence-electron chi connectivity index (χ3n) is 2.60. The minimum absolute atomic E-state index is 0.0712. The first-order chi connectivity index (χ1) is 8.36. The average molecular weight is 276 g/mol. The van der Waals surface area contributed by atoms with Gasteiger partial charge in [0.05, 0.1) is 13.2 Å². The average Bonchev–Trinajstić information content (AvgIpc) is 2.41. The van der Waals surface area contributed by atoms with Crippen molar-refractivity contribution in [3.05, 3.63) is 0 Å². The molecule has 4 N–H and O–H groups in total. The van der Waals surface area contributed by atoms with E-state index in [0.29, 0.717) is 0 Å². The molecule has 0 aromatic rings. The highest BCUT2D eigenvalue weighted by molar-refractivity contribution is 7.80. The number of hydrogen-bond donors (Lipinski definition) is 4. The smallest absolute Gasteiger partial charge is 0.248 e. The van der Waals surface area contributed by atoms with Gasteiger partial charge in [-0.15, -0.1) is 0 Å². The lowest BCUT2D eigenvalue weighted by Gasteiger charge is -2.34. The van der Waals surface area contributed by atoms with Crippen LogP contribution in [0.1, 0.15) is 6.92 Å². The van der Waals surface area contributed by atoms with Gasteiger partial charge in [0.2, 0.25) is 18.1 Å². The summed E-state index contributed by atoms with van der Waals surface area (Å²) in [7, 11) is 1.38. The van der Waals surface area contributed by atoms with E-state index >= 15 is 0 Å². The quantitative estimate of drug-likeness (QED) is 0.390. The second-order valence-electron chi connectivity index (χ2n) is 3.94. The Labute approximate surface area is 111 Å². The first kappa shape index (κ1) is 16.9. The molecule has 8 heteroatoms. The van der Waals surface area contributed by atoms with E-state index in [2.05, 4.69) is 17.9 Å². The fraction of sp³-hybridized carbons (Fsp3) is 0.700. The van der Waals surface area contributed by atoms with E-state index in [1.807, 2.05) is 0 Å². The largest absolute Gasteiger partial charge is 0.394 e. The molecule has 0 aliphatic heterocycles. The topological polar surface area (TPSA) is 113 Å². The Morgan fingerprint density at radius 1 is 1.61 bits per heavy atom. The molecule has 0 bridgehead atoms. The van der Waals surface area contributed by atoms with Crippen LogP contribution in [0, 0.1) is 0 Å². The van der Waals surface area contributed by atoms with Crippen molar-refractivity contribution in [2.75, 3.05) is 26.0 Å². The summed E-state index contributed by atoms with van der Waals surface area (Å²) >= 11 is 3.97. The molecular formula is C10H18N3O4S. The highest BCUT2D eigenvalue weighted by atomic mass is 32.1. The van der Waals surface area contributed by atoms with Gasteiger partial charge in [0.15, 0.2) is 0 Å². The Balaban J connectivity index is 4.88. The summed E-state index contributed by atoms with van der Waals surface area (Å²) in [5.74, 6) is -1.11. The number of carbonyl (C=O) groups is 2. The molecule has 0 saturated carbocycles. The number of nitrogens with two attached hydrogens (primary N) is 1. The summed E-state index contributed by atoms with van der Waals surface area (Å²) in [6.07, 6.45) is 1.71. The van der Waals surface area contributed by atoms with Gasteiger partial charge in [-0.25, -0.2) is 0 Å². The second kappa shape index (κ2) is 7.34. The number of nitrogens with zero attached hydrogens (tertiary/aromatic N) is 1. The Morgan fingerprint density at radius 3 is 2.50 bits per heavy atom. The molecule has 2 atom stereocenters. The van der Waals surface area contributed by atoms with Crippen molar-refractivity contribution in [2.45, 2.75) is 18.5 Å². The Kier molecular flexibility index (Phi) is 6.89.